The Hall–Kier alpha value is -2.69. The highest BCUT2D eigenvalue weighted by Crippen LogP contribution is 2.37. The number of aromatic nitrogens is 3. The van der Waals surface area contributed by atoms with E-state index in [0.717, 1.165) is 68.4 Å². The van der Waals surface area contributed by atoms with Gasteiger partial charge in [0.15, 0.2) is 0 Å². The maximum Gasteiger partial charge on any atom is 0.390 e. The van der Waals surface area contributed by atoms with Gasteiger partial charge < -0.3 is 19.9 Å². The molecule has 0 amide bonds. The Balaban J connectivity index is 1.40. The number of anilines is 1. The van der Waals surface area contributed by atoms with Crippen LogP contribution in [0, 0.1) is 0 Å². The zero-order valence-corrected chi connectivity index (χ0v) is 22.1. The number of nitrogens with zero attached hydrogens (tertiary/aromatic N) is 5. The Morgan fingerprint density at radius 3 is 2.50 bits per heavy atom. The van der Waals surface area contributed by atoms with Crippen LogP contribution in [0.1, 0.15) is 50.6 Å². The third-order valence-corrected chi connectivity index (χ3v) is 8.04. The molecular formula is C28H37F3N6O. The van der Waals surface area contributed by atoms with Gasteiger partial charge in [0.25, 0.3) is 0 Å². The molecular weight excluding hydrogens is 493 g/mol. The van der Waals surface area contributed by atoms with Crippen LogP contribution in [0.15, 0.2) is 36.7 Å². The van der Waals surface area contributed by atoms with Crippen LogP contribution in [-0.4, -0.2) is 81.0 Å². The van der Waals surface area contributed by atoms with Gasteiger partial charge in [0, 0.05) is 68.2 Å². The first-order valence-corrected chi connectivity index (χ1v) is 13.5. The third-order valence-electron chi connectivity index (χ3n) is 8.04. The van der Waals surface area contributed by atoms with E-state index >= 15 is 0 Å². The first-order chi connectivity index (χ1) is 18.2. The molecule has 3 aromatic rings. The maximum absolute atomic E-state index is 12.6. The van der Waals surface area contributed by atoms with Gasteiger partial charge in [-0.3, -0.25) is 4.90 Å². The quantitative estimate of drug-likeness (QED) is 0.444. The molecule has 2 aromatic heterocycles. The van der Waals surface area contributed by atoms with Crippen molar-refractivity contribution in [3.63, 3.8) is 0 Å². The lowest BCUT2D eigenvalue weighted by Gasteiger charge is -2.37. The van der Waals surface area contributed by atoms with Crippen molar-refractivity contribution >= 4 is 17.0 Å². The van der Waals surface area contributed by atoms with Crippen molar-refractivity contribution in [2.45, 2.75) is 69.9 Å². The predicted molar refractivity (Wildman–Crippen MR) is 143 cm³/mol. The van der Waals surface area contributed by atoms with Gasteiger partial charge in [-0.15, -0.1) is 0 Å². The molecule has 5 rings (SSSR count). The molecule has 38 heavy (non-hydrogen) atoms. The molecule has 1 aliphatic heterocycles. The molecule has 2 aliphatic rings. The van der Waals surface area contributed by atoms with Gasteiger partial charge in [-0.25, -0.2) is 4.98 Å². The minimum atomic E-state index is -4.23. The van der Waals surface area contributed by atoms with E-state index in [1.165, 1.54) is 5.56 Å². The fourth-order valence-corrected chi connectivity index (χ4v) is 5.59. The van der Waals surface area contributed by atoms with Crippen LogP contribution in [0.3, 0.4) is 0 Å². The van der Waals surface area contributed by atoms with E-state index in [-0.39, 0.29) is 24.6 Å². The molecule has 0 radical (unpaired) electrons. The highest BCUT2D eigenvalue weighted by Gasteiger charge is 2.27. The number of rotatable bonds is 7. The largest absolute Gasteiger partial charge is 0.393 e. The van der Waals surface area contributed by atoms with E-state index in [9.17, 15) is 18.3 Å². The van der Waals surface area contributed by atoms with Gasteiger partial charge in [0.1, 0.15) is 5.65 Å². The molecule has 0 spiro atoms. The number of likely N-dealkylation sites (N-methyl/N-ethyl adjacent to an activating group) is 1. The fourth-order valence-electron chi connectivity index (χ4n) is 5.59. The van der Waals surface area contributed by atoms with Crippen molar-refractivity contribution in [3.05, 3.63) is 42.2 Å². The molecule has 1 atom stereocenters. The first kappa shape index (κ1) is 26.9. The minimum absolute atomic E-state index is 0.172. The van der Waals surface area contributed by atoms with Crippen LogP contribution >= 0.6 is 0 Å². The lowest BCUT2D eigenvalue weighted by molar-refractivity contribution is -0.131. The monoisotopic (exact) mass is 530 g/mol. The summed E-state index contributed by atoms with van der Waals surface area (Å²) in [5.41, 5.74) is 4.04. The van der Waals surface area contributed by atoms with Crippen LogP contribution in [0.25, 0.3) is 22.2 Å². The number of halogens is 3. The number of alkyl halides is 3. The highest BCUT2D eigenvalue weighted by molar-refractivity contribution is 5.94. The van der Waals surface area contributed by atoms with Gasteiger partial charge in [-0.2, -0.15) is 18.2 Å². The summed E-state index contributed by atoms with van der Waals surface area (Å²) in [5.74, 6) is 0.195. The number of aliphatic hydroxyl groups excluding tert-OH is 1. The van der Waals surface area contributed by atoms with E-state index < -0.39 is 12.6 Å². The number of aliphatic hydroxyl groups is 1. The number of piperazine rings is 1. The van der Waals surface area contributed by atoms with E-state index in [2.05, 4.69) is 74.1 Å². The van der Waals surface area contributed by atoms with Crippen LogP contribution in [0.5, 0.6) is 0 Å². The maximum atomic E-state index is 12.6. The van der Waals surface area contributed by atoms with Crippen LogP contribution in [0.4, 0.5) is 19.1 Å². The van der Waals surface area contributed by atoms with E-state index in [1.807, 2.05) is 0 Å². The second-order valence-corrected chi connectivity index (χ2v) is 10.9. The normalized spacial score (nSPS) is 23.7. The van der Waals surface area contributed by atoms with Crippen LogP contribution < -0.4 is 5.32 Å². The smallest absolute Gasteiger partial charge is 0.390 e. The van der Waals surface area contributed by atoms with Crippen molar-refractivity contribution in [1.29, 1.82) is 0 Å². The SMILES string of the molecule is C[C@H]1CN(Cc2ccc(-c3cn([C@H]4CC[C@H](O)CC4)c4nc(NCCC(F)(F)F)ncc34)cc2)CCN1C. The summed E-state index contributed by atoms with van der Waals surface area (Å²) in [7, 11) is 2.17. The summed E-state index contributed by atoms with van der Waals surface area (Å²) in [5, 5.41) is 13.6. The Labute approximate surface area is 221 Å². The van der Waals surface area contributed by atoms with Gasteiger partial charge in [0.05, 0.1) is 12.5 Å². The summed E-state index contributed by atoms with van der Waals surface area (Å²) >= 11 is 0. The highest BCUT2D eigenvalue weighted by atomic mass is 19.4. The number of benzene rings is 1. The topological polar surface area (TPSA) is 69.5 Å². The molecule has 0 bridgehead atoms. The molecule has 1 saturated carbocycles. The molecule has 1 aromatic carbocycles. The number of hydrogen-bond acceptors (Lipinski definition) is 6. The zero-order valence-electron chi connectivity index (χ0n) is 22.1. The molecule has 2 fully saturated rings. The number of nitrogens with one attached hydrogen (secondary N) is 1. The summed E-state index contributed by atoms with van der Waals surface area (Å²) in [6.07, 6.45) is 1.45. The van der Waals surface area contributed by atoms with Crippen LogP contribution in [-0.2, 0) is 6.54 Å². The third kappa shape index (κ3) is 6.30. The lowest BCUT2D eigenvalue weighted by atomic mass is 9.93. The number of hydrogen-bond donors (Lipinski definition) is 2. The zero-order chi connectivity index (χ0) is 26.9. The van der Waals surface area contributed by atoms with E-state index in [1.54, 1.807) is 6.20 Å². The summed E-state index contributed by atoms with van der Waals surface area (Å²) in [4.78, 5) is 13.9. The molecule has 1 saturated heterocycles. The van der Waals surface area contributed by atoms with Gasteiger partial charge >= 0.3 is 6.18 Å². The van der Waals surface area contributed by atoms with E-state index in [0.29, 0.717) is 11.7 Å². The van der Waals surface area contributed by atoms with Crippen molar-refractivity contribution < 1.29 is 18.3 Å². The second-order valence-electron chi connectivity index (χ2n) is 10.9. The Kier molecular flexibility index (Phi) is 7.93. The lowest BCUT2D eigenvalue weighted by Crippen LogP contribution is -2.49. The Morgan fingerprint density at radius 2 is 1.82 bits per heavy atom. The second kappa shape index (κ2) is 11.2. The molecule has 3 heterocycles. The van der Waals surface area contributed by atoms with Crippen LogP contribution in [0.2, 0.25) is 0 Å². The molecule has 7 nitrogen and oxygen atoms in total. The predicted octanol–water partition coefficient (Wildman–Crippen LogP) is 5.07. The van der Waals surface area contributed by atoms with Crippen molar-refractivity contribution in [3.8, 4) is 11.1 Å². The Morgan fingerprint density at radius 1 is 1.08 bits per heavy atom. The van der Waals surface area contributed by atoms with Crippen molar-refractivity contribution in [2.24, 2.45) is 0 Å². The average Bonchev–Trinajstić information content (AvgIpc) is 3.25. The first-order valence-electron chi connectivity index (χ1n) is 13.5. The fraction of sp³-hybridized carbons (Fsp3) is 0.571. The minimum Gasteiger partial charge on any atom is -0.393 e. The molecule has 1 aliphatic carbocycles. The van der Waals surface area contributed by atoms with Gasteiger partial charge in [0.2, 0.25) is 5.95 Å². The van der Waals surface area contributed by atoms with Gasteiger partial charge in [-0.1, -0.05) is 24.3 Å². The summed E-state index contributed by atoms with van der Waals surface area (Å²) < 4.78 is 40.0. The molecule has 10 heteroatoms. The van der Waals surface area contributed by atoms with Crippen molar-refractivity contribution in [2.75, 3.05) is 38.5 Å². The van der Waals surface area contributed by atoms with Gasteiger partial charge in [-0.05, 0) is 50.8 Å². The number of fused-ring (bicyclic) bond motifs is 1. The molecule has 2 N–H and O–H groups in total. The van der Waals surface area contributed by atoms with Crippen molar-refractivity contribution in [1.82, 2.24) is 24.3 Å². The standard InChI is InChI=1S/C28H37F3N6O/c1-19-16-36(14-13-35(19)2)17-20-3-5-21(6-4-20)25-18-37(22-7-9-23(38)10-8-22)26-24(25)15-33-27(34-26)32-12-11-28(29,30)31/h3-6,15,18-19,22-23,38H,7-14,16-17H2,1-2H3,(H,32,33,34)/t19-,22-,23-/m0/s1. The molecule has 206 valence electrons. The Bertz CT molecular complexity index is 1220. The average molecular weight is 531 g/mol. The summed E-state index contributed by atoms with van der Waals surface area (Å²) in [6.45, 7) is 6.09. The summed E-state index contributed by atoms with van der Waals surface area (Å²) in [6, 6.07) is 9.33. The molecule has 0 unspecified atom stereocenters. The van der Waals surface area contributed by atoms with E-state index in [4.69, 9.17) is 0 Å².